The molecule has 2 saturated heterocycles. The predicted molar refractivity (Wildman–Crippen MR) is 82.7 cm³/mol. The number of amides is 1. The van der Waals surface area contributed by atoms with Crippen LogP contribution in [-0.4, -0.2) is 43.4 Å². The maximum absolute atomic E-state index is 12.4. The Bertz CT molecular complexity index is 576. The smallest absolute Gasteiger partial charge is 0.253 e. The molecule has 0 aliphatic carbocycles. The molecule has 0 aromatic carbocycles. The van der Waals surface area contributed by atoms with Gasteiger partial charge in [0.1, 0.15) is 11.8 Å². The minimum absolute atomic E-state index is 0.120. The van der Waals surface area contributed by atoms with Crippen molar-refractivity contribution >= 4 is 5.91 Å². The van der Waals surface area contributed by atoms with Crippen molar-refractivity contribution in [1.29, 1.82) is 5.26 Å². The number of rotatable bonds is 3. The van der Waals surface area contributed by atoms with Crippen LogP contribution in [0, 0.1) is 23.2 Å². The normalized spacial score (nSPS) is 25.5. The van der Waals surface area contributed by atoms with Crippen molar-refractivity contribution in [2.45, 2.75) is 25.3 Å². The highest BCUT2D eigenvalue weighted by molar-refractivity contribution is 5.94. The van der Waals surface area contributed by atoms with E-state index in [1.807, 2.05) is 6.07 Å². The lowest BCUT2D eigenvalue weighted by Crippen LogP contribution is -2.49. The molecule has 3 rings (SSSR count). The number of nitriles is 1. The lowest BCUT2D eigenvalue weighted by Gasteiger charge is -2.39. The SMILES string of the molecule is N#Cc1ccc(C(=O)N[C@H]2CCOC[C@H]2C2CCOCC2)cn1. The Hall–Kier alpha value is -1.97. The lowest BCUT2D eigenvalue weighted by atomic mass is 9.79. The van der Waals surface area contributed by atoms with Crippen molar-refractivity contribution in [2.24, 2.45) is 11.8 Å². The molecule has 0 bridgehead atoms. The minimum atomic E-state index is -0.133. The summed E-state index contributed by atoms with van der Waals surface area (Å²) in [5.74, 6) is 0.738. The van der Waals surface area contributed by atoms with Crippen LogP contribution in [-0.2, 0) is 9.47 Å². The van der Waals surface area contributed by atoms with Crippen molar-refractivity contribution in [3.8, 4) is 6.07 Å². The molecule has 2 atom stereocenters. The second-order valence-electron chi connectivity index (χ2n) is 6.10. The van der Waals surface area contributed by atoms with E-state index in [1.54, 1.807) is 12.1 Å². The second kappa shape index (κ2) is 7.53. The Morgan fingerprint density at radius 1 is 1.22 bits per heavy atom. The number of pyridine rings is 1. The summed E-state index contributed by atoms with van der Waals surface area (Å²) in [5, 5.41) is 11.9. The van der Waals surface area contributed by atoms with E-state index < -0.39 is 0 Å². The van der Waals surface area contributed by atoms with Crippen LogP contribution >= 0.6 is 0 Å². The van der Waals surface area contributed by atoms with Gasteiger partial charge in [0.2, 0.25) is 0 Å². The van der Waals surface area contributed by atoms with E-state index >= 15 is 0 Å². The molecule has 0 unspecified atom stereocenters. The Balaban J connectivity index is 1.65. The van der Waals surface area contributed by atoms with Crippen LogP contribution in [0.2, 0.25) is 0 Å². The highest BCUT2D eigenvalue weighted by Gasteiger charge is 2.34. The van der Waals surface area contributed by atoms with E-state index in [0.717, 1.165) is 32.5 Å². The summed E-state index contributed by atoms with van der Waals surface area (Å²) in [4.78, 5) is 16.4. The first-order chi connectivity index (χ1) is 11.3. The monoisotopic (exact) mass is 315 g/mol. The predicted octanol–water partition coefficient (Wildman–Crippen LogP) is 1.51. The third-order valence-electron chi connectivity index (χ3n) is 4.73. The highest BCUT2D eigenvalue weighted by atomic mass is 16.5. The van der Waals surface area contributed by atoms with Gasteiger partial charge < -0.3 is 14.8 Å². The number of carbonyl (C=O) groups is 1. The van der Waals surface area contributed by atoms with Crippen LogP contribution < -0.4 is 5.32 Å². The average molecular weight is 315 g/mol. The Labute approximate surface area is 135 Å². The number of carbonyl (C=O) groups excluding carboxylic acids is 1. The first-order valence-corrected chi connectivity index (χ1v) is 8.10. The van der Waals surface area contributed by atoms with Crippen LogP contribution in [0.25, 0.3) is 0 Å². The number of hydrogen-bond donors (Lipinski definition) is 1. The molecule has 1 aromatic heterocycles. The first kappa shape index (κ1) is 15.9. The lowest BCUT2D eigenvalue weighted by molar-refractivity contribution is -0.0259. The fraction of sp³-hybridized carbons (Fsp3) is 0.588. The Kier molecular flexibility index (Phi) is 5.21. The molecular formula is C17H21N3O3. The van der Waals surface area contributed by atoms with Gasteiger partial charge in [-0.2, -0.15) is 5.26 Å². The zero-order valence-electron chi connectivity index (χ0n) is 13.0. The Morgan fingerprint density at radius 2 is 2.00 bits per heavy atom. The van der Waals surface area contributed by atoms with Crippen LogP contribution in [0.5, 0.6) is 0 Å². The zero-order chi connectivity index (χ0) is 16.1. The van der Waals surface area contributed by atoms with Crippen LogP contribution in [0.1, 0.15) is 35.3 Å². The number of hydrogen-bond acceptors (Lipinski definition) is 5. The molecule has 23 heavy (non-hydrogen) atoms. The quantitative estimate of drug-likeness (QED) is 0.914. The van der Waals surface area contributed by atoms with Gasteiger partial charge in [-0.05, 0) is 37.3 Å². The van der Waals surface area contributed by atoms with Gasteiger partial charge in [-0.1, -0.05) is 0 Å². The standard InChI is InChI=1S/C17H21N3O3/c18-9-14-2-1-13(10-19-14)17(21)20-16-5-8-23-11-15(16)12-3-6-22-7-4-12/h1-2,10,12,15-16H,3-8,11H2,(H,20,21)/t15-,16-/m0/s1. The topological polar surface area (TPSA) is 84.2 Å². The van der Waals surface area contributed by atoms with Crippen LogP contribution in [0.15, 0.2) is 18.3 Å². The molecule has 1 aromatic rings. The van der Waals surface area contributed by atoms with E-state index in [2.05, 4.69) is 10.3 Å². The third-order valence-corrected chi connectivity index (χ3v) is 4.73. The van der Waals surface area contributed by atoms with Crippen LogP contribution in [0.4, 0.5) is 0 Å². The van der Waals surface area contributed by atoms with Gasteiger partial charge in [0.05, 0.1) is 12.2 Å². The van der Waals surface area contributed by atoms with Crippen molar-refractivity contribution < 1.29 is 14.3 Å². The minimum Gasteiger partial charge on any atom is -0.381 e. The molecule has 0 spiro atoms. The number of nitrogens with zero attached hydrogens (tertiary/aromatic N) is 2. The van der Waals surface area contributed by atoms with Gasteiger partial charge in [0.25, 0.3) is 5.91 Å². The molecule has 2 aliphatic rings. The van der Waals surface area contributed by atoms with E-state index in [-0.39, 0.29) is 11.9 Å². The van der Waals surface area contributed by atoms with Crippen molar-refractivity contribution in [1.82, 2.24) is 10.3 Å². The van der Waals surface area contributed by atoms with E-state index in [4.69, 9.17) is 14.7 Å². The summed E-state index contributed by atoms with van der Waals surface area (Å²) in [7, 11) is 0. The first-order valence-electron chi connectivity index (χ1n) is 8.10. The van der Waals surface area contributed by atoms with E-state index in [9.17, 15) is 4.79 Å². The average Bonchev–Trinajstić information content (AvgIpc) is 2.63. The van der Waals surface area contributed by atoms with E-state index in [0.29, 0.717) is 36.3 Å². The molecule has 6 heteroatoms. The summed E-state index contributed by atoms with van der Waals surface area (Å²) < 4.78 is 11.1. The molecule has 1 N–H and O–H groups in total. The van der Waals surface area contributed by atoms with Gasteiger partial charge in [-0.15, -0.1) is 0 Å². The number of ether oxygens (including phenoxy) is 2. The highest BCUT2D eigenvalue weighted by Crippen LogP contribution is 2.30. The van der Waals surface area contributed by atoms with Gasteiger partial charge in [0.15, 0.2) is 0 Å². The van der Waals surface area contributed by atoms with Gasteiger partial charge >= 0.3 is 0 Å². The molecule has 2 aliphatic heterocycles. The molecule has 0 radical (unpaired) electrons. The summed E-state index contributed by atoms with van der Waals surface area (Å²) in [6, 6.07) is 5.28. The summed E-state index contributed by atoms with van der Waals surface area (Å²) in [5.41, 5.74) is 0.800. The molecule has 1 amide bonds. The zero-order valence-corrected chi connectivity index (χ0v) is 13.0. The van der Waals surface area contributed by atoms with Crippen molar-refractivity contribution in [2.75, 3.05) is 26.4 Å². The summed E-state index contributed by atoms with van der Waals surface area (Å²) in [6.45, 7) is 2.96. The molecule has 3 heterocycles. The Morgan fingerprint density at radius 3 is 2.70 bits per heavy atom. The summed E-state index contributed by atoms with van der Waals surface area (Å²) in [6.07, 6.45) is 4.34. The fourth-order valence-corrected chi connectivity index (χ4v) is 3.39. The number of aromatic nitrogens is 1. The third kappa shape index (κ3) is 3.87. The fourth-order valence-electron chi connectivity index (χ4n) is 3.39. The maximum Gasteiger partial charge on any atom is 0.253 e. The number of nitrogens with one attached hydrogen (secondary N) is 1. The van der Waals surface area contributed by atoms with Crippen molar-refractivity contribution in [3.05, 3.63) is 29.6 Å². The maximum atomic E-state index is 12.4. The molecule has 6 nitrogen and oxygen atoms in total. The second-order valence-corrected chi connectivity index (χ2v) is 6.10. The van der Waals surface area contributed by atoms with Crippen molar-refractivity contribution in [3.63, 3.8) is 0 Å². The largest absolute Gasteiger partial charge is 0.381 e. The van der Waals surface area contributed by atoms with Gasteiger partial charge in [0, 0.05) is 38.0 Å². The van der Waals surface area contributed by atoms with Crippen LogP contribution in [0.3, 0.4) is 0 Å². The molecule has 122 valence electrons. The van der Waals surface area contributed by atoms with Gasteiger partial charge in [-0.25, -0.2) is 4.98 Å². The molecule has 2 fully saturated rings. The van der Waals surface area contributed by atoms with E-state index in [1.165, 1.54) is 6.20 Å². The molecule has 0 saturated carbocycles. The van der Waals surface area contributed by atoms with Gasteiger partial charge in [-0.3, -0.25) is 4.79 Å². The molecular weight excluding hydrogens is 294 g/mol. The summed E-state index contributed by atoms with van der Waals surface area (Å²) >= 11 is 0.